The standard InChI is InChI=1S/C15H19ClN2O2/c16-12-3-4-14-11(7-12)8-13(20-14)9-17-10-15(19)18-5-1-2-6-18/h3-4,7,13,17H,1-2,5-6,8-10H2. The fraction of sp³-hybridized carbons (Fsp3) is 0.533. The Balaban J connectivity index is 1.43. The van der Waals surface area contributed by atoms with Gasteiger partial charge in [-0.1, -0.05) is 11.6 Å². The molecule has 1 amide bonds. The second-order valence-corrected chi connectivity index (χ2v) is 5.85. The monoisotopic (exact) mass is 294 g/mol. The molecule has 20 heavy (non-hydrogen) atoms. The van der Waals surface area contributed by atoms with Crippen LogP contribution in [0.1, 0.15) is 18.4 Å². The van der Waals surface area contributed by atoms with Crippen molar-refractivity contribution < 1.29 is 9.53 Å². The quantitative estimate of drug-likeness (QED) is 0.921. The molecule has 0 spiro atoms. The molecule has 1 aromatic rings. The Hall–Kier alpha value is -1.26. The van der Waals surface area contributed by atoms with Crippen LogP contribution in [0.3, 0.4) is 0 Å². The Morgan fingerprint density at radius 2 is 2.20 bits per heavy atom. The van der Waals surface area contributed by atoms with Crippen LogP contribution in [0.5, 0.6) is 5.75 Å². The molecule has 0 saturated carbocycles. The molecule has 2 heterocycles. The summed E-state index contributed by atoms with van der Waals surface area (Å²) in [5, 5.41) is 3.95. The summed E-state index contributed by atoms with van der Waals surface area (Å²) in [7, 11) is 0. The van der Waals surface area contributed by atoms with Crippen LogP contribution in [-0.4, -0.2) is 43.1 Å². The van der Waals surface area contributed by atoms with Crippen LogP contribution in [0.25, 0.3) is 0 Å². The van der Waals surface area contributed by atoms with Crippen LogP contribution >= 0.6 is 11.6 Å². The second kappa shape index (κ2) is 6.02. The summed E-state index contributed by atoms with van der Waals surface area (Å²) in [6.45, 7) is 2.90. The van der Waals surface area contributed by atoms with E-state index in [1.165, 1.54) is 0 Å². The van der Waals surface area contributed by atoms with E-state index in [2.05, 4.69) is 5.32 Å². The lowest BCUT2D eigenvalue weighted by atomic mass is 10.1. The average Bonchev–Trinajstić information content (AvgIpc) is 3.06. The van der Waals surface area contributed by atoms with E-state index in [4.69, 9.17) is 16.3 Å². The molecule has 2 aliphatic heterocycles. The minimum atomic E-state index is 0.0924. The van der Waals surface area contributed by atoms with E-state index in [1.807, 2.05) is 23.1 Å². The Labute approximate surface area is 124 Å². The lowest BCUT2D eigenvalue weighted by Gasteiger charge is -2.17. The minimum Gasteiger partial charge on any atom is -0.488 e. The highest BCUT2D eigenvalue weighted by Crippen LogP contribution is 2.30. The summed E-state index contributed by atoms with van der Waals surface area (Å²) in [5.74, 6) is 1.10. The highest BCUT2D eigenvalue weighted by atomic mass is 35.5. The highest BCUT2D eigenvalue weighted by molar-refractivity contribution is 6.30. The largest absolute Gasteiger partial charge is 0.488 e. The zero-order valence-electron chi connectivity index (χ0n) is 11.4. The van der Waals surface area contributed by atoms with Crippen LogP contribution in [0.2, 0.25) is 5.02 Å². The van der Waals surface area contributed by atoms with Crippen LogP contribution < -0.4 is 10.1 Å². The molecule has 1 fully saturated rings. The number of halogens is 1. The molecule has 0 aromatic heterocycles. The molecular weight excluding hydrogens is 276 g/mol. The van der Waals surface area contributed by atoms with Crippen molar-refractivity contribution in [3.05, 3.63) is 28.8 Å². The van der Waals surface area contributed by atoms with Gasteiger partial charge in [-0.05, 0) is 36.6 Å². The number of carbonyl (C=O) groups is 1. The topological polar surface area (TPSA) is 41.6 Å². The number of carbonyl (C=O) groups excluding carboxylic acids is 1. The number of nitrogens with one attached hydrogen (secondary N) is 1. The summed E-state index contributed by atoms with van der Waals surface area (Å²) in [5.41, 5.74) is 1.15. The summed E-state index contributed by atoms with van der Waals surface area (Å²) in [4.78, 5) is 13.8. The van der Waals surface area contributed by atoms with Crippen LogP contribution in [-0.2, 0) is 11.2 Å². The predicted octanol–water partition coefficient (Wildman–Crippen LogP) is 1.86. The van der Waals surface area contributed by atoms with E-state index in [0.717, 1.165) is 48.7 Å². The van der Waals surface area contributed by atoms with Crippen LogP contribution in [0.15, 0.2) is 18.2 Å². The number of likely N-dealkylation sites (tertiary alicyclic amines) is 1. The number of hydrogen-bond donors (Lipinski definition) is 1. The molecule has 0 radical (unpaired) electrons. The van der Waals surface area contributed by atoms with E-state index in [0.29, 0.717) is 13.1 Å². The molecule has 1 atom stereocenters. The number of hydrogen-bond acceptors (Lipinski definition) is 3. The van der Waals surface area contributed by atoms with Crippen molar-refractivity contribution in [1.29, 1.82) is 0 Å². The Morgan fingerprint density at radius 3 is 3.00 bits per heavy atom. The van der Waals surface area contributed by atoms with Crippen molar-refractivity contribution in [2.75, 3.05) is 26.2 Å². The van der Waals surface area contributed by atoms with Crippen molar-refractivity contribution in [1.82, 2.24) is 10.2 Å². The zero-order valence-corrected chi connectivity index (χ0v) is 12.2. The summed E-state index contributed by atoms with van der Waals surface area (Å²) in [6, 6.07) is 5.70. The first-order valence-electron chi connectivity index (χ1n) is 7.16. The Kier molecular flexibility index (Phi) is 4.13. The van der Waals surface area contributed by atoms with Gasteiger partial charge in [-0.3, -0.25) is 4.79 Å². The SMILES string of the molecule is O=C(CNCC1Cc2cc(Cl)ccc2O1)N1CCCC1. The number of fused-ring (bicyclic) bond motifs is 1. The maximum atomic E-state index is 11.9. The predicted molar refractivity (Wildman–Crippen MR) is 78.3 cm³/mol. The van der Waals surface area contributed by atoms with E-state index in [9.17, 15) is 4.79 Å². The normalized spacial score (nSPS) is 20.9. The number of benzene rings is 1. The van der Waals surface area contributed by atoms with Crippen LogP contribution in [0.4, 0.5) is 0 Å². The van der Waals surface area contributed by atoms with Gasteiger partial charge in [-0.25, -0.2) is 0 Å². The lowest BCUT2D eigenvalue weighted by molar-refractivity contribution is -0.129. The number of nitrogens with zero attached hydrogens (tertiary/aromatic N) is 1. The molecular formula is C15H19ClN2O2. The third kappa shape index (κ3) is 3.07. The molecule has 108 valence electrons. The van der Waals surface area contributed by atoms with Gasteiger partial charge in [-0.2, -0.15) is 0 Å². The van der Waals surface area contributed by atoms with Crippen molar-refractivity contribution in [3.63, 3.8) is 0 Å². The van der Waals surface area contributed by atoms with Crippen LogP contribution in [0, 0.1) is 0 Å². The maximum Gasteiger partial charge on any atom is 0.236 e. The van der Waals surface area contributed by atoms with Gasteiger partial charge in [0, 0.05) is 31.1 Å². The Morgan fingerprint density at radius 1 is 1.40 bits per heavy atom. The first-order chi connectivity index (χ1) is 9.72. The third-order valence-electron chi connectivity index (χ3n) is 3.87. The smallest absolute Gasteiger partial charge is 0.236 e. The minimum absolute atomic E-state index is 0.0924. The Bertz CT molecular complexity index is 501. The molecule has 0 bridgehead atoms. The number of rotatable bonds is 4. The van der Waals surface area contributed by atoms with Crippen molar-refractivity contribution in [3.8, 4) is 5.75 Å². The van der Waals surface area contributed by atoms with Crippen molar-refractivity contribution in [2.24, 2.45) is 0 Å². The summed E-state index contributed by atoms with van der Waals surface area (Å²) < 4.78 is 5.82. The lowest BCUT2D eigenvalue weighted by Crippen LogP contribution is -2.39. The van der Waals surface area contributed by atoms with E-state index < -0.39 is 0 Å². The molecule has 3 rings (SSSR count). The van der Waals surface area contributed by atoms with Crippen molar-refractivity contribution >= 4 is 17.5 Å². The molecule has 1 aromatic carbocycles. The van der Waals surface area contributed by atoms with Gasteiger partial charge < -0.3 is 15.0 Å². The number of amides is 1. The molecule has 1 unspecified atom stereocenters. The molecule has 1 saturated heterocycles. The summed E-state index contributed by atoms with van der Waals surface area (Å²) in [6.07, 6.45) is 3.21. The van der Waals surface area contributed by atoms with Gasteiger partial charge in [0.1, 0.15) is 11.9 Å². The van der Waals surface area contributed by atoms with E-state index in [-0.39, 0.29) is 12.0 Å². The first-order valence-corrected chi connectivity index (χ1v) is 7.54. The fourth-order valence-corrected chi connectivity index (χ4v) is 3.02. The molecule has 1 N–H and O–H groups in total. The molecule has 2 aliphatic rings. The zero-order chi connectivity index (χ0) is 13.9. The molecule has 0 aliphatic carbocycles. The molecule has 4 nitrogen and oxygen atoms in total. The summed E-state index contributed by atoms with van der Waals surface area (Å²) >= 11 is 5.97. The van der Waals surface area contributed by atoms with Gasteiger partial charge in [0.2, 0.25) is 5.91 Å². The molecule has 5 heteroatoms. The maximum absolute atomic E-state index is 11.9. The van der Waals surface area contributed by atoms with Gasteiger partial charge in [0.15, 0.2) is 0 Å². The highest BCUT2D eigenvalue weighted by Gasteiger charge is 2.23. The van der Waals surface area contributed by atoms with Crippen molar-refractivity contribution in [2.45, 2.75) is 25.4 Å². The van der Waals surface area contributed by atoms with Gasteiger partial charge in [-0.15, -0.1) is 0 Å². The fourth-order valence-electron chi connectivity index (χ4n) is 2.82. The van der Waals surface area contributed by atoms with Gasteiger partial charge >= 0.3 is 0 Å². The van der Waals surface area contributed by atoms with E-state index in [1.54, 1.807) is 0 Å². The number of ether oxygens (including phenoxy) is 1. The average molecular weight is 295 g/mol. The van der Waals surface area contributed by atoms with Gasteiger partial charge in [0.25, 0.3) is 0 Å². The first kappa shape index (κ1) is 13.7. The van der Waals surface area contributed by atoms with Gasteiger partial charge in [0.05, 0.1) is 6.54 Å². The van der Waals surface area contributed by atoms with E-state index >= 15 is 0 Å². The third-order valence-corrected chi connectivity index (χ3v) is 4.11. The second-order valence-electron chi connectivity index (χ2n) is 5.41.